The lowest BCUT2D eigenvalue weighted by Crippen LogP contribution is -2.53. The van der Waals surface area contributed by atoms with Gasteiger partial charge in [0, 0.05) is 30.6 Å². The van der Waals surface area contributed by atoms with Crippen molar-refractivity contribution in [3.8, 4) is 0 Å². The van der Waals surface area contributed by atoms with Gasteiger partial charge in [-0.15, -0.1) is 0 Å². The van der Waals surface area contributed by atoms with Gasteiger partial charge >= 0.3 is 0 Å². The van der Waals surface area contributed by atoms with Crippen molar-refractivity contribution in [1.29, 1.82) is 0 Å². The molecule has 2 aliphatic heterocycles. The monoisotopic (exact) mass is 386 g/mol. The maximum absolute atomic E-state index is 9.59. The normalized spacial score (nSPS) is 28.3. The minimum Gasteiger partial charge on any atom is -0.396 e. The van der Waals surface area contributed by atoms with Crippen LogP contribution in [0.1, 0.15) is 38.1 Å². The van der Waals surface area contributed by atoms with Crippen LogP contribution in [0.25, 0.3) is 11.2 Å². The van der Waals surface area contributed by atoms with E-state index < -0.39 is 0 Å². The minimum absolute atomic E-state index is 0.0259. The highest BCUT2D eigenvalue weighted by molar-refractivity contribution is 5.83. The predicted molar refractivity (Wildman–Crippen MR) is 106 cm³/mol. The van der Waals surface area contributed by atoms with Crippen LogP contribution in [0.3, 0.4) is 0 Å². The van der Waals surface area contributed by atoms with E-state index in [1.807, 2.05) is 6.33 Å². The van der Waals surface area contributed by atoms with Gasteiger partial charge in [0.25, 0.3) is 0 Å². The van der Waals surface area contributed by atoms with Crippen LogP contribution in [0.5, 0.6) is 0 Å². The Morgan fingerprint density at radius 1 is 1.11 bits per heavy atom. The van der Waals surface area contributed by atoms with Crippen molar-refractivity contribution in [1.82, 2.24) is 24.4 Å². The molecule has 0 amide bonds. The number of hydrogen-bond acceptors (Lipinski definition) is 7. The lowest BCUT2D eigenvalue weighted by molar-refractivity contribution is -0.0421. The molecule has 2 aromatic heterocycles. The fraction of sp³-hybridized carbons (Fsp3) is 0.750. The largest absolute Gasteiger partial charge is 0.396 e. The molecule has 152 valence electrons. The smallest absolute Gasteiger partial charge is 0.165 e. The molecule has 2 aromatic rings. The number of imidazole rings is 1. The first-order valence-electron chi connectivity index (χ1n) is 10.5. The number of aliphatic hydroxyl groups excluding tert-OH is 2. The summed E-state index contributed by atoms with van der Waals surface area (Å²) in [5, 5.41) is 19.2. The average molecular weight is 387 g/mol. The molecule has 1 saturated carbocycles. The lowest BCUT2D eigenvalue weighted by atomic mass is 9.66. The first kappa shape index (κ1) is 18.3. The first-order chi connectivity index (χ1) is 13.6. The quantitative estimate of drug-likeness (QED) is 0.812. The van der Waals surface area contributed by atoms with E-state index in [0.717, 1.165) is 49.5 Å². The maximum Gasteiger partial charge on any atom is 0.165 e. The molecule has 4 heterocycles. The summed E-state index contributed by atoms with van der Waals surface area (Å²) in [4.78, 5) is 18.8. The third kappa shape index (κ3) is 2.81. The van der Waals surface area contributed by atoms with E-state index in [1.54, 1.807) is 6.33 Å². The third-order valence-electron chi connectivity index (χ3n) is 7.28. The third-order valence-corrected chi connectivity index (χ3v) is 7.28. The summed E-state index contributed by atoms with van der Waals surface area (Å²) < 4.78 is 2.11. The summed E-state index contributed by atoms with van der Waals surface area (Å²) in [5.41, 5.74) is 1.40. The summed E-state index contributed by atoms with van der Waals surface area (Å²) in [5.74, 6) is 1.67. The van der Waals surface area contributed by atoms with Crippen LogP contribution in [-0.4, -0.2) is 80.6 Å². The Balaban J connectivity index is 1.45. The molecule has 2 N–H and O–H groups in total. The van der Waals surface area contributed by atoms with Gasteiger partial charge in [0.05, 0.1) is 19.5 Å². The van der Waals surface area contributed by atoms with Gasteiger partial charge in [0.15, 0.2) is 17.0 Å². The van der Waals surface area contributed by atoms with Gasteiger partial charge in [0.1, 0.15) is 6.33 Å². The Morgan fingerprint density at radius 3 is 2.71 bits per heavy atom. The molecule has 0 bridgehead atoms. The predicted octanol–water partition coefficient (Wildman–Crippen LogP) is 1.05. The molecule has 0 radical (unpaired) electrons. The van der Waals surface area contributed by atoms with E-state index in [0.29, 0.717) is 12.0 Å². The Labute approximate surface area is 165 Å². The zero-order valence-corrected chi connectivity index (χ0v) is 16.5. The van der Waals surface area contributed by atoms with Gasteiger partial charge in [-0.3, -0.25) is 0 Å². The molecular weight excluding hydrogens is 356 g/mol. The highest BCUT2D eigenvalue weighted by atomic mass is 16.3. The number of fused-ring (bicyclic) bond motifs is 2. The van der Waals surface area contributed by atoms with Crippen molar-refractivity contribution in [3.63, 3.8) is 0 Å². The van der Waals surface area contributed by atoms with Crippen LogP contribution in [-0.2, 0) is 0 Å². The van der Waals surface area contributed by atoms with E-state index in [4.69, 9.17) is 4.98 Å². The van der Waals surface area contributed by atoms with Crippen LogP contribution in [0, 0.1) is 11.3 Å². The molecule has 5 rings (SSSR count). The average Bonchev–Trinajstić information content (AvgIpc) is 3.11. The number of piperidine rings is 2. The summed E-state index contributed by atoms with van der Waals surface area (Å²) in [7, 11) is 2.22. The molecule has 2 unspecified atom stereocenters. The molecule has 3 aliphatic rings. The van der Waals surface area contributed by atoms with Crippen LogP contribution in [0.15, 0.2) is 12.7 Å². The van der Waals surface area contributed by atoms with Gasteiger partial charge in [-0.1, -0.05) is 0 Å². The number of hydrogen-bond donors (Lipinski definition) is 2. The second kappa shape index (κ2) is 6.93. The summed E-state index contributed by atoms with van der Waals surface area (Å²) >= 11 is 0. The second-order valence-electron chi connectivity index (χ2n) is 9.11. The number of nitrogens with zero attached hydrogens (tertiary/aromatic N) is 6. The van der Waals surface area contributed by atoms with Crippen LogP contribution in [0.4, 0.5) is 5.82 Å². The van der Waals surface area contributed by atoms with Crippen molar-refractivity contribution in [2.75, 3.05) is 44.8 Å². The van der Waals surface area contributed by atoms with E-state index in [-0.39, 0.29) is 24.7 Å². The summed E-state index contributed by atoms with van der Waals surface area (Å²) in [6.45, 7) is 3.38. The standard InChI is InChI=1S/C20H30N6O2/c1-24-6-4-16-14(9-24)3-2-5-25(16)18-17-19(22-12-21-18)26(13-23-17)15-7-20(8-15,10-27)11-28/h12-16,27-28H,2-11H2,1H3. The van der Waals surface area contributed by atoms with Crippen LogP contribution < -0.4 is 4.90 Å². The number of rotatable bonds is 4. The van der Waals surface area contributed by atoms with Crippen molar-refractivity contribution in [3.05, 3.63) is 12.7 Å². The molecule has 3 fully saturated rings. The van der Waals surface area contributed by atoms with Gasteiger partial charge < -0.3 is 24.6 Å². The Bertz CT molecular complexity index is 842. The van der Waals surface area contributed by atoms with E-state index in [9.17, 15) is 10.2 Å². The van der Waals surface area contributed by atoms with Gasteiger partial charge in [-0.05, 0) is 51.6 Å². The number of likely N-dealkylation sites (tertiary alicyclic amines) is 1. The lowest BCUT2D eigenvalue weighted by Gasteiger charge is -2.47. The topological polar surface area (TPSA) is 90.5 Å². The van der Waals surface area contributed by atoms with E-state index in [1.165, 1.54) is 19.3 Å². The zero-order valence-electron chi connectivity index (χ0n) is 16.5. The minimum atomic E-state index is -0.356. The van der Waals surface area contributed by atoms with E-state index >= 15 is 0 Å². The highest BCUT2D eigenvalue weighted by Gasteiger charge is 2.45. The molecule has 0 aromatic carbocycles. The fourth-order valence-electron chi connectivity index (χ4n) is 5.61. The Kier molecular flexibility index (Phi) is 4.52. The molecule has 28 heavy (non-hydrogen) atoms. The highest BCUT2D eigenvalue weighted by Crippen LogP contribution is 2.48. The van der Waals surface area contributed by atoms with Crippen molar-refractivity contribution in [2.24, 2.45) is 11.3 Å². The van der Waals surface area contributed by atoms with Crippen LogP contribution in [0.2, 0.25) is 0 Å². The molecule has 1 aliphatic carbocycles. The second-order valence-corrected chi connectivity index (χ2v) is 9.11. The van der Waals surface area contributed by atoms with E-state index in [2.05, 4.69) is 31.4 Å². The molecule has 8 nitrogen and oxygen atoms in total. The van der Waals surface area contributed by atoms with Gasteiger partial charge in [-0.25, -0.2) is 15.0 Å². The van der Waals surface area contributed by atoms with Crippen LogP contribution >= 0.6 is 0 Å². The molecule has 2 atom stereocenters. The SMILES string of the molecule is CN1CCC2C(CCCN2c2ncnc3c2ncn3C2CC(CO)(CO)C2)C1. The van der Waals surface area contributed by atoms with Crippen molar-refractivity contribution < 1.29 is 10.2 Å². The summed E-state index contributed by atoms with van der Waals surface area (Å²) in [6, 6.07) is 0.762. The summed E-state index contributed by atoms with van der Waals surface area (Å²) in [6.07, 6.45) is 8.70. The molecule has 8 heteroatoms. The first-order valence-corrected chi connectivity index (χ1v) is 10.5. The molecule has 2 saturated heterocycles. The number of anilines is 1. The van der Waals surface area contributed by atoms with Crippen molar-refractivity contribution in [2.45, 2.75) is 44.2 Å². The zero-order chi connectivity index (χ0) is 19.3. The molecule has 0 spiro atoms. The number of aromatic nitrogens is 4. The number of aliphatic hydroxyl groups is 2. The van der Waals surface area contributed by atoms with Gasteiger partial charge in [0.2, 0.25) is 0 Å². The van der Waals surface area contributed by atoms with Crippen molar-refractivity contribution >= 4 is 17.0 Å². The fourth-order valence-corrected chi connectivity index (χ4v) is 5.61. The Hall–Kier alpha value is -1.77. The molecular formula is C20H30N6O2. The maximum atomic E-state index is 9.59. The Morgan fingerprint density at radius 2 is 1.93 bits per heavy atom. The van der Waals surface area contributed by atoms with Gasteiger partial charge in [-0.2, -0.15) is 0 Å².